The van der Waals surface area contributed by atoms with Crippen molar-refractivity contribution in [3.63, 3.8) is 0 Å². The van der Waals surface area contributed by atoms with Gasteiger partial charge in [0.05, 0.1) is 19.3 Å². The molecule has 5 nitrogen and oxygen atoms in total. The van der Waals surface area contributed by atoms with E-state index in [0.717, 1.165) is 32.1 Å². The average Bonchev–Trinajstić information content (AvgIpc) is 3.09. The van der Waals surface area contributed by atoms with Crippen molar-refractivity contribution >= 4 is 14.3 Å². The molecule has 1 saturated carbocycles. The number of hydrogen-bond acceptors (Lipinski definition) is 5. The van der Waals surface area contributed by atoms with Crippen molar-refractivity contribution in [2.45, 2.75) is 116 Å². The highest BCUT2D eigenvalue weighted by Gasteiger charge is 2.47. The molecule has 0 heterocycles. The molecule has 0 radical (unpaired) electrons. The molecular weight excluding hydrogens is 444 g/mol. The predicted molar refractivity (Wildman–Crippen MR) is 142 cm³/mol. The molecule has 1 rings (SSSR count). The summed E-state index contributed by atoms with van der Waals surface area (Å²) in [4.78, 5) is 11.3. The second-order valence-electron chi connectivity index (χ2n) is 11.3. The number of ether oxygens (including phenoxy) is 1. The number of unbranched alkanes of at least 4 members (excludes halogenated alkanes) is 3. The summed E-state index contributed by atoms with van der Waals surface area (Å²) in [5.74, 6) is 6.74. The molecule has 0 aliphatic heterocycles. The Hall–Kier alpha value is -1.13. The molecule has 1 aliphatic carbocycles. The van der Waals surface area contributed by atoms with E-state index in [1.165, 1.54) is 7.11 Å². The van der Waals surface area contributed by atoms with Gasteiger partial charge in [-0.2, -0.15) is 0 Å². The van der Waals surface area contributed by atoms with E-state index >= 15 is 0 Å². The van der Waals surface area contributed by atoms with Crippen molar-refractivity contribution in [1.82, 2.24) is 0 Å². The van der Waals surface area contributed by atoms with E-state index in [4.69, 9.17) is 4.43 Å². The number of rotatable bonds is 13. The fourth-order valence-corrected chi connectivity index (χ4v) is 5.70. The lowest BCUT2D eigenvalue weighted by atomic mass is 9.86. The van der Waals surface area contributed by atoms with Crippen molar-refractivity contribution in [3.05, 3.63) is 12.2 Å². The van der Waals surface area contributed by atoms with Crippen LogP contribution in [0.15, 0.2) is 12.2 Å². The third-order valence-corrected chi connectivity index (χ3v) is 12.1. The normalized spacial score (nSPS) is 24.1. The van der Waals surface area contributed by atoms with E-state index in [-0.39, 0.29) is 41.5 Å². The fraction of sp³-hybridized carbons (Fsp3) is 0.821. The maximum Gasteiger partial charge on any atom is 0.305 e. The van der Waals surface area contributed by atoms with Crippen molar-refractivity contribution < 1.29 is 24.2 Å². The number of aliphatic hydroxyl groups excluding tert-OH is 2. The van der Waals surface area contributed by atoms with Gasteiger partial charge in [0.2, 0.25) is 0 Å². The third-order valence-electron chi connectivity index (χ3n) is 7.58. The highest BCUT2D eigenvalue weighted by molar-refractivity contribution is 6.74. The molecule has 5 atom stereocenters. The van der Waals surface area contributed by atoms with Gasteiger partial charge in [0.1, 0.15) is 0 Å². The first-order valence-electron chi connectivity index (χ1n) is 13.1. The van der Waals surface area contributed by atoms with Gasteiger partial charge in [0, 0.05) is 31.8 Å². The number of carbonyl (C=O) groups excluding carboxylic acids is 1. The van der Waals surface area contributed by atoms with Crippen LogP contribution in [-0.4, -0.2) is 50.4 Å². The minimum atomic E-state index is -1.99. The van der Waals surface area contributed by atoms with E-state index in [2.05, 4.69) is 63.4 Å². The van der Waals surface area contributed by atoms with Gasteiger partial charge < -0.3 is 19.4 Å². The van der Waals surface area contributed by atoms with Gasteiger partial charge in [-0.25, -0.2) is 0 Å². The molecule has 0 aromatic carbocycles. The highest BCUT2D eigenvalue weighted by atomic mass is 28.4. The first-order valence-corrected chi connectivity index (χ1v) is 16.0. The van der Waals surface area contributed by atoms with Crippen LogP contribution in [-0.2, 0) is 14.0 Å². The summed E-state index contributed by atoms with van der Waals surface area (Å²) < 4.78 is 11.5. The standard InChI is InChI=1S/C28H50O5Si/c1-8-9-12-15-23(30)18-19-25-24(16-13-10-11-14-17-27(31)32-5)22(21-29)20-26(25)33-34(6,7)28(2,3)4/h18-19,22-26,29-30H,8-9,11-12,14-17,20-21H2,1-7H3/b19-18+/t22-,23+,24+,25-,26?/m1/s1. The smallest absolute Gasteiger partial charge is 0.305 e. The fourth-order valence-electron chi connectivity index (χ4n) is 4.34. The van der Waals surface area contributed by atoms with Crippen LogP contribution in [0, 0.1) is 29.6 Å². The molecule has 6 heteroatoms. The molecule has 0 amide bonds. The molecule has 2 N–H and O–H groups in total. The topological polar surface area (TPSA) is 76.0 Å². The van der Waals surface area contributed by atoms with Gasteiger partial charge in [-0.05, 0) is 49.2 Å². The van der Waals surface area contributed by atoms with Crippen LogP contribution in [0.25, 0.3) is 0 Å². The van der Waals surface area contributed by atoms with E-state index in [9.17, 15) is 15.0 Å². The van der Waals surface area contributed by atoms with Crippen molar-refractivity contribution in [3.8, 4) is 11.8 Å². The maximum absolute atomic E-state index is 11.3. The van der Waals surface area contributed by atoms with Crippen LogP contribution in [0.4, 0.5) is 0 Å². The largest absolute Gasteiger partial charge is 0.469 e. The Morgan fingerprint density at radius 1 is 1.21 bits per heavy atom. The minimum absolute atomic E-state index is 0.0308. The van der Waals surface area contributed by atoms with Crippen LogP contribution in [0.1, 0.15) is 85.5 Å². The zero-order valence-electron chi connectivity index (χ0n) is 22.7. The Labute approximate surface area is 209 Å². The Kier molecular flexibility index (Phi) is 13.7. The Bertz CT molecular complexity index is 685. The van der Waals surface area contributed by atoms with Crippen LogP contribution < -0.4 is 0 Å². The van der Waals surface area contributed by atoms with Gasteiger partial charge in [-0.15, -0.1) is 11.8 Å². The van der Waals surface area contributed by atoms with Gasteiger partial charge >= 0.3 is 5.97 Å². The summed E-state index contributed by atoms with van der Waals surface area (Å²) >= 11 is 0. The van der Waals surface area contributed by atoms with Crippen molar-refractivity contribution in [2.75, 3.05) is 13.7 Å². The highest BCUT2D eigenvalue weighted by Crippen LogP contribution is 2.46. The summed E-state index contributed by atoms with van der Waals surface area (Å²) in [7, 11) is -0.584. The summed E-state index contributed by atoms with van der Waals surface area (Å²) in [5, 5.41) is 20.8. The number of aliphatic hydroxyl groups is 2. The number of methoxy groups -OCH3 is 1. The first kappa shape index (κ1) is 30.9. The van der Waals surface area contributed by atoms with E-state index < -0.39 is 14.4 Å². The molecule has 1 fully saturated rings. The summed E-state index contributed by atoms with van der Waals surface area (Å²) in [6.45, 7) is 13.6. The van der Waals surface area contributed by atoms with Crippen LogP contribution in [0.3, 0.4) is 0 Å². The molecule has 34 heavy (non-hydrogen) atoms. The molecule has 0 saturated heterocycles. The van der Waals surface area contributed by atoms with Gasteiger partial charge in [-0.1, -0.05) is 59.1 Å². The van der Waals surface area contributed by atoms with Gasteiger partial charge in [0.15, 0.2) is 8.32 Å². The summed E-state index contributed by atoms with van der Waals surface area (Å²) in [6.07, 6.45) is 11.0. The first-order chi connectivity index (χ1) is 16.0. The Balaban J connectivity index is 2.98. The van der Waals surface area contributed by atoms with E-state index in [0.29, 0.717) is 25.7 Å². The predicted octanol–water partition coefficient (Wildman–Crippen LogP) is 5.86. The third kappa shape index (κ3) is 10.2. The quantitative estimate of drug-likeness (QED) is 0.110. The molecule has 1 aliphatic rings. The molecule has 0 spiro atoms. The van der Waals surface area contributed by atoms with Crippen molar-refractivity contribution in [2.24, 2.45) is 17.8 Å². The van der Waals surface area contributed by atoms with Crippen LogP contribution in [0.2, 0.25) is 18.1 Å². The lowest BCUT2D eigenvalue weighted by Gasteiger charge is -2.40. The molecule has 196 valence electrons. The SMILES string of the molecule is CCCCC[C@H](O)/C=C/[C@H]1C(O[Si](C)(C)C(C)(C)C)C[C@H](CO)[C@@H]1CC#CCCCC(=O)OC. The molecule has 1 unspecified atom stereocenters. The van der Waals surface area contributed by atoms with Crippen molar-refractivity contribution in [1.29, 1.82) is 0 Å². The molecule has 0 aromatic heterocycles. The zero-order valence-corrected chi connectivity index (χ0v) is 23.7. The number of esters is 1. The summed E-state index contributed by atoms with van der Waals surface area (Å²) in [6, 6.07) is 0. The average molecular weight is 495 g/mol. The molecule has 0 bridgehead atoms. The maximum atomic E-state index is 11.3. The van der Waals surface area contributed by atoms with Crippen LogP contribution >= 0.6 is 0 Å². The Morgan fingerprint density at radius 2 is 1.91 bits per heavy atom. The molecular formula is C28H50O5Si. The van der Waals surface area contributed by atoms with E-state index in [1.807, 2.05) is 6.08 Å². The zero-order chi connectivity index (χ0) is 25.8. The summed E-state index contributed by atoms with van der Waals surface area (Å²) in [5.41, 5.74) is 0. The number of hydrogen-bond donors (Lipinski definition) is 2. The lowest BCUT2D eigenvalue weighted by molar-refractivity contribution is -0.140. The second kappa shape index (κ2) is 15.1. The Morgan fingerprint density at radius 3 is 2.50 bits per heavy atom. The second-order valence-corrected chi connectivity index (χ2v) is 16.0. The van der Waals surface area contributed by atoms with E-state index in [1.54, 1.807) is 0 Å². The monoisotopic (exact) mass is 494 g/mol. The van der Waals surface area contributed by atoms with Gasteiger partial charge in [-0.3, -0.25) is 4.79 Å². The van der Waals surface area contributed by atoms with Crippen LogP contribution in [0.5, 0.6) is 0 Å². The minimum Gasteiger partial charge on any atom is -0.469 e. The van der Waals surface area contributed by atoms with Gasteiger partial charge in [0.25, 0.3) is 0 Å². The lowest BCUT2D eigenvalue weighted by Crippen LogP contribution is -2.45. The number of carbonyl (C=O) groups is 1. The molecule has 0 aromatic rings.